The maximum absolute atomic E-state index is 12.8. The summed E-state index contributed by atoms with van der Waals surface area (Å²) in [5, 5.41) is 6.44. The zero-order chi connectivity index (χ0) is 17.4. The average Bonchev–Trinajstić information content (AvgIpc) is 3.21. The first-order chi connectivity index (χ1) is 12.1. The Morgan fingerprint density at radius 3 is 2.80 bits per heavy atom. The first kappa shape index (κ1) is 15.5. The van der Waals surface area contributed by atoms with Gasteiger partial charge < -0.3 is 9.09 Å². The molecule has 3 aromatic heterocycles. The minimum Gasteiger partial charge on any atom is -0.335 e. The Hall–Kier alpha value is -3.06. The van der Waals surface area contributed by atoms with Crippen LogP contribution in [0.5, 0.6) is 0 Å². The predicted molar refractivity (Wildman–Crippen MR) is 95.2 cm³/mol. The number of aryl methyl sites for hydroxylation is 2. The van der Waals surface area contributed by atoms with Crippen LogP contribution in [0.1, 0.15) is 16.1 Å². The van der Waals surface area contributed by atoms with Crippen LogP contribution in [0, 0.1) is 6.92 Å². The highest BCUT2D eigenvalue weighted by atomic mass is 32.1. The van der Waals surface area contributed by atoms with Crippen molar-refractivity contribution >= 4 is 28.3 Å². The molecule has 0 N–H and O–H groups in total. The van der Waals surface area contributed by atoms with E-state index in [2.05, 4.69) is 15.1 Å². The summed E-state index contributed by atoms with van der Waals surface area (Å²) in [5.74, 6) is -0.339. The third kappa shape index (κ3) is 2.78. The topological polar surface area (TPSA) is 73.3 Å². The van der Waals surface area contributed by atoms with E-state index in [4.69, 9.17) is 4.52 Å². The van der Waals surface area contributed by atoms with Crippen molar-refractivity contribution in [2.45, 2.75) is 6.92 Å². The lowest BCUT2D eigenvalue weighted by molar-refractivity contribution is 0.0999. The molecule has 0 fully saturated rings. The summed E-state index contributed by atoms with van der Waals surface area (Å²) in [5.41, 5.74) is 2.95. The van der Waals surface area contributed by atoms with E-state index in [0.29, 0.717) is 32.9 Å². The highest BCUT2D eigenvalue weighted by Crippen LogP contribution is 2.27. The summed E-state index contributed by atoms with van der Waals surface area (Å²) in [6.45, 7) is 1.79. The molecule has 124 valence electrons. The van der Waals surface area contributed by atoms with Gasteiger partial charge in [-0.1, -0.05) is 35.5 Å². The average molecular weight is 350 g/mol. The molecule has 25 heavy (non-hydrogen) atoms. The number of hydrogen-bond donors (Lipinski definition) is 0. The molecule has 0 unspecified atom stereocenters. The number of nitrogens with zero attached hydrogens (tertiary/aromatic N) is 4. The summed E-state index contributed by atoms with van der Waals surface area (Å²) in [7, 11) is 1.85. The first-order valence-corrected chi connectivity index (χ1v) is 8.53. The van der Waals surface area contributed by atoms with Gasteiger partial charge in [-0.05, 0) is 13.0 Å². The minimum absolute atomic E-state index is 0.339. The first-order valence-electron chi connectivity index (χ1n) is 7.65. The van der Waals surface area contributed by atoms with Crippen LogP contribution < -0.4 is 4.80 Å². The highest BCUT2D eigenvalue weighted by Gasteiger charge is 2.19. The van der Waals surface area contributed by atoms with Crippen LogP contribution in [0.3, 0.4) is 0 Å². The van der Waals surface area contributed by atoms with Gasteiger partial charge >= 0.3 is 0 Å². The summed E-state index contributed by atoms with van der Waals surface area (Å²) in [6, 6.07) is 11.4. The fourth-order valence-corrected chi connectivity index (χ4v) is 3.33. The fourth-order valence-electron chi connectivity index (χ4n) is 2.60. The zero-order valence-electron chi connectivity index (χ0n) is 13.6. The van der Waals surface area contributed by atoms with E-state index in [9.17, 15) is 4.79 Å². The second kappa shape index (κ2) is 6.10. The number of carbonyl (C=O) groups is 1. The van der Waals surface area contributed by atoms with Gasteiger partial charge in [0.15, 0.2) is 4.80 Å². The van der Waals surface area contributed by atoms with Gasteiger partial charge in [0.1, 0.15) is 0 Å². The van der Waals surface area contributed by atoms with Crippen molar-refractivity contribution in [1.82, 2.24) is 14.7 Å². The Balaban J connectivity index is 1.94. The number of aromatic nitrogens is 3. The molecule has 0 aliphatic carbocycles. The SMILES string of the molecule is Cc1noc2nc(-c3ccccc3)cc(C(=O)N=c3sccn3C)c12. The fraction of sp³-hybridized carbons (Fsp3) is 0.111. The molecular weight excluding hydrogens is 336 g/mol. The molecule has 0 bridgehead atoms. The molecule has 7 heteroatoms. The molecule has 1 amide bonds. The smallest absolute Gasteiger partial charge is 0.280 e. The van der Waals surface area contributed by atoms with Crippen molar-refractivity contribution in [3.05, 3.63) is 64.0 Å². The van der Waals surface area contributed by atoms with Gasteiger partial charge in [0.05, 0.1) is 22.3 Å². The molecule has 0 atom stereocenters. The molecule has 0 spiro atoms. The van der Waals surface area contributed by atoms with Crippen LogP contribution in [0.25, 0.3) is 22.4 Å². The second-order valence-electron chi connectivity index (χ2n) is 5.58. The molecule has 6 nitrogen and oxygen atoms in total. The third-order valence-corrected chi connectivity index (χ3v) is 4.72. The number of fused-ring (bicyclic) bond motifs is 1. The van der Waals surface area contributed by atoms with Crippen LogP contribution >= 0.6 is 11.3 Å². The molecule has 4 aromatic rings. The van der Waals surface area contributed by atoms with E-state index < -0.39 is 0 Å². The third-order valence-electron chi connectivity index (χ3n) is 3.87. The number of thiazole rings is 1. The van der Waals surface area contributed by atoms with Gasteiger partial charge in [0, 0.05) is 24.2 Å². The highest BCUT2D eigenvalue weighted by molar-refractivity contribution is 7.07. The van der Waals surface area contributed by atoms with Crippen LogP contribution in [-0.4, -0.2) is 20.6 Å². The molecule has 0 radical (unpaired) electrons. The molecule has 1 aromatic carbocycles. The molecule has 0 saturated heterocycles. The van der Waals surface area contributed by atoms with E-state index in [1.54, 1.807) is 17.6 Å². The quantitative estimate of drug-likeness (QED) is 0.556. The molecule has 0 aliphatic rings. The molecule has 4 rings (SSSR count). The van der Waals surface area contributed by atoms with Gasteiger partial charge in [-0.3, -0.25) is 4.79 Å². The van der Waals surface area contributed by atoms with Crippen molar-refractivity contribution in [3.8, 4) is 11.3 Å². The molecule has 0 aliphatic heterocycles. The number of amides is 1. The number of carbonyl (C=O) groups excluding carboxylic acids is 1. The maximum Gasteiger partial charge on any atom is 0.280 e. The number of pyridine rings is 1. The van der Waals surface area contributed by atoms with Gasteiger partial charge in [-0.2, -0.15) is 4.99 Å². The Kier molecular flexibility index (Phi) is 3.77. The standard InChI is InChI=1S/C18H14N4O2S/c1-11-15-13(16(23)20-18-22(2)8-9-25-18)10-14(19-17(15)24-21-11)12-6-4-3-5-7-12/h3-10H,1-2H3. The van der Waals surface area contributed by atoms with Gasteiger partial charge in [-0.15, -0.1) is 11.3 Å². The number of hydrogen-bond acceptors (Lipinski definition) is 5. The van der Waals surface area contributed by atoms with Crippen LogP contribution in [0.4, 0.5) is 0 Å². The van der Waals surface area contributed by atoms with Gasteiger partial charge in [-0.25, -0.2) is 4.98 Å². The van der Waals surface area contributed by atoms with Crippen molar-refractivity contribution in [2.75, 3.05) is 0 Å². The maximum atomic E-state index is 12.8. The Morgan fingerprint density at radius 2 is 2.08 bits per heavy atom. The Bertz CT molecular complexity index is 1140. The van der Waals surface area contributed by atoms with Crippen molar-refractivity contribution < 1.29 is 9.32 Å². The van der Waals surface area contributed by atoms with E-state index in [1.807, 2.05) is 49.0 Å². The summed E-state index contributed by atoms with van der Waals surface area (Å²) >= 11 is 1.41. The van der Waals surface area contributed by atoms with Crippen molar-refractivity contribution in [2.24, 2.45) is 12.0 Å². The number of rotatable bonds is 2. The normalized spacial score (nSPS) is 12.0. The lowest BCUT2D eigenvalue weighted by Crippen LogP contribution is -2.13. The van der Waals surface area contributed by atoms with Crippen molar-refractivity contribution in [1.29, 1.82) is 0 Å². The molecule has 3 heterocycles. The van der Waals surface area contributed by atoms with Crippen LogP contribution in [-0.2, 0) is 7.05 Å². The summed E-state index contributed by atoms with van der Waals surface area (Å²) < 4.78 is 7.11. The zero-order valence-corrected chi connectivity index (χ0v) is 14.4. The molecule has 0 saturated carbocycles. The second-order valence-corrected chi connectivity index (χ2v) is 6.46. The van der Waals surface area contributed by atoms with Crippen molar-refractivity contribution in [3.63, 3.8) is 0 Å². The monoisotopic (exact) mass is 350 g/mol. The van der Waals surface area contributed by atoms with Gasteiger partial charge in [0.2, 0.25) is 0 Å². The lowest BCUT2D eigenvalue weighted by atomic mass is 10.1. The van der Waals surface area contributed by atoms with Crippen LogP contribution in [0.2, 0.25) is 0 Å². The largest absolute Gasteiger partial charge is 0.335 e. The summed E-state index contributed by atoms with van der Waals surface area (Å²) in [4.78, 5) is 22.2. The summed E-state index contributed by atoms with van der Waals surface area (Å²) in [6.07, 6.45) is 1.86. The van der Waals surface area contributed by atoms with Crippen LogP contribution in [0.15, 0.2) is 57.5 Å². The van der Waals surface area contributed by atoms with E-state index in [0.717, 1.165) is 5.56 Å². The van der Waals surface area contributed by atoms with Gasteiger partial charge in [0.25, 0.3) is 11.6 Å². The lowest BCUT2D eigenvalue weighted by Gasteiger charge is -2.04. The predicted octanol–water partition coefficient (Wildman–Crippen LogP) is 3.34. The number of benzene rings is 1. The Morgan fingerprint density at radius 1 is 1.28 bits per heavy atom. The van der Waals surface area contributed by atoms with E-state index in [1.165, 1.54) is 11.3 Å². The van der Waals surface area contributed by atoms with E-state index >= 15 is 0 Å². The van der Waals surface area contributed by atoms with E-state index in [-0.39, 0.29) is 5.91 Å². The Labute approximate surface area is 147 Å². The molecular formula is C18H14N4O2S. The minimum atomic E-state index is -0.339.